The van der Waals surface area contributed by atoms with Crippen molar-refractivity contribution >= 4 is 17.6 Å². The van der Waals surface area contributed by atoms with E-state index in [0.717, 1.165) is 18.7 Å². The van der Waals surface area contributed by atoms with Gasteiger partial charge in [0.25, 0.3) is 0 Å². The number of hydrogen-bond acceptors (Lipinski definition) is 4. The molecule has 0 bridgehead atoms. The number of alkyl carbamates (subject to hydrolysis) is 1. The second-order valence-corrected chi connectivity index (χ2v) is 5.51. The molecule has 0 aliphatic carbocycles. The number of nitrogens with one attached hydrogen (secondary N) is 3. The molecular formula is C15H23N3O2. The van der Waals surface area contributed by atoms with Gasteiger partial charge in [0.2, 0.25) is 0 Å². The van der Waals surface area contributed by atoms with Gasteiger partial charge < -0.3 is 10.1 Å². The Morgan fingerprint density at radius 3 is 2.35 bits per heavy atom. The van der Waals surface area contributed by atoms with E-state index in [1.165, 1.54) is 0 Å². The summed E-state index contributed by atoms with van der Waals surface area (Å²) in [5.74, 6) is 0.0290. The van der Waals surface area contributed by atoms with E-state index in [1.54, 1.807) is 32.9 Å². The summed E-state index contributed by atoms with van der Waals surface area (Å²) in [6.45, 7) is 8.36. The lowest BCUT2D eigenvalue weighted by molar-refractivity contribution is 0.0563. The topological polar surface area (TPSA) is 74.2 Å². The molecule has 0 heterocycles. The average molecular weight is 277 g/mol. The average Bonchev–Trinajstić information content (AvgIpc) is 2.34. The van der Waals surface area contributed by atoms with Crippen molar-refractivity contribution in [2.24, 2.45) is 0 Å². The van der Waals surface area contributed by atoms with Crippen molar-refractivity contribution in [1.29, 1.82) is 5.41 Å². The number of hydrogen-bond donors (Lipinski definition) is 3. The normalized spacial score (nSPS) is 10.8. The quantitative estimate of drug-likeness (QED) is 0.583. The highest BCUT2D eigenvalue weighted by Crippen LogP contribution is 2.10. The molecule has 1 aromatic rings. The molecule has 1 aromatic carbocycles. The van der Waals surface area contributed by atoms with Gasteiger partial charge in [-0.15, -0.1) is 0 Å². The lowest BCUT2D eigenvalue weighted by Gasteiger charge is -2.19. The van der Waals surface area contributed by atoms with Gasteiger partial charge in [-0.05, 0) is 51.5 Å². The minimum atomic E-state index is -0.615. The van der Waals surface area contributed by atoms with Crippen LogP contribution in [0.15, 0.2) is 24.3 Å². The van der Waals surface area contributed by atoms with Gasteiger partial charge in [-0.2, -0.15) is 0 Å². The number of anilines is 1. The third-order valence-corrected chi connectivity index (χ3v) is 2.38. The van der Waals surface area contributed by atoms with Gasteiger partial charge in [-0.1, -0.05) is 6.92 Å². The van der Waals surface area contributed by atoms with Crippen molar-refractivity contribution in [3.8, 4) is 0 Å². The number of benzene rings is 1. The highest BCUT2D eigenvalue weighted by atomic mass is 16.6. The van der Waals surface area contributed by atoms with E-state index in [4.69, 9.17) is 10.1 Å². The molecule has 1 amide bonds. The molecule has 0 aromatic heterocycles. The van der Waals surface area contributed by atoms with Gasteiger partial charge in [0.15, 0.2) is 0 Å². The molecular weight excluding hydrogens is 254 g/mol. The van der Waals surface area contributed by atoms with Crippen LogP contribution in [0.1, 0.15) is 39.7 Å². The third-order valence-electron chi connectivity index (χ3n) is 2.38. The lowest BCUT2D eigenvalue weighted by atomic mass is 10.2. The van der Waals surface area contributed by atoms with E-state index in [2.05, 4.69) is 17.6 Å². The molecule has 20 heavy (non-hydrogen) atoms. The predicted molar refractivity (Wildman–Crippen MR) is 81.4 cm³/mol. The Kier molecular flexibility index (Phi) is 5.55. The standard InChI is InChI=1S/C15H23N3O2/c1-5-10-17-12-8-6-11(7-9-12)13(16)18-14(19)20-15(2,3)4/h6-9,17H,5,10H2,1-4H3,(H2,16,18,19). The predicted octanol–water partition coefficient (Wildman–Crippen LogP) is 3.36. The van der Waals surface area contributed by atoms with Crippen molar-refractivity contribution in [1.82, 2.24) is 5.32 Å². The summed E-state index contributed by atoms with van der Waals surface area (Å²) in [6.07, 6.45) is 0.438. The van der Waals surface area contributed by atoms with E-state index in [0.29, 0.717) is 5.56 Å². The SMILES string of the molecule is CCCNc1ccc(C(=N)NC(=O)OC(C)(C)C)cc1. The molecule has 0 aliphatic heterocycles. The fourth-order valence-corrected chi connectivity index (χ4v) is 1.50. The molecule has 5 nitrogen and oxygen atoms in total. The van der Waals surface area contributed by atoms with Crippen LogP contribution < -0.4 is 10.6 Å². The molecule has 0 fully saturated rings. The zero-order valence-electron chi connectivity index (χ0n) is 12.5. The van der Waals surface area contributed by atoms with Gasteiger partial charge in [-0.3, -0.25) is 10.7 Å². The molecule has 110 valence electrons. The smallest absolute Gasteiger partial charge is 0.413 e. The zero-order chi connectivity index (χ0) is 15.2. The first kappa shape index (κ1) is 16.0. The van der Waals surface area contributed by atoms with Gasteiger partial charge in [0.1, 0.15) is 11.4 Å². The Morgan fingerprint density at radius 1 is 1.25 bits per heavy atom. The summed E-state index contributed by atoms with van der Waals surface area (Å²) in [7, 11) is 0. The van der Waals surface area contributed by atoms with Crippen molar-refractivity contribution in [2.45, 2.75) is 39.7 Å². The second-order valence-electron chi connectivity index (χ2n) is 5.51. The third kappa shape index (κ3) is 5.73. The van der Waals surface area contributed by atoms with Crippen molar-refractivity contribution in [3.63, 3.8) is 0 Å². The number of rotatable bonds is 4. The highest BCUT2D eigenvalue weighted by Gasteiger charge is 2.17. The Balaban J connectivity index is 2.57. The Hall–Kier alpha value is -2.04. The molecule has 0 aliphatic rings. The van der Waals surface area contributed by atoms with E-state index in [-0.39, 0.29) is 5.84 Å². The van der Waals surface area contributed by atoms with Crippen LogP contribution in [-0.2, 0) is 4.74 Å². The Morgan fingerprint density at radius 2 is 1.85 bits per heavy atom. The van der Waals surface area contributed by atoms with E-state index < -0.39 is 11.7 Å². The van der Waals surface area contributed by atoms with Gasteiger partial charge >= 0.3 is 6.09 Å². The van der Waals surface area contributed by atoms with Crippen LogP contribution in [-0.4, -0.2) is 24.1 Å². The van der Waals surface area contributed by atoms with Crippen LogP contribution in [0.2, 0.25) is 0 Å². The molecule has 0 saturated carbocycles. The maximum atomic E-state index is 11.6. The van der Waals surface area contributed by atoms with E-state index in [9.17, 15) is 4.79 Å². The fourth-order valence-electron chi connectivity index (χ4n) is 1.50. The number of carbonyl (C=O) groups is 1. The molecule has 0 saturated heterocycles. The Bertz CT molecular complexity index is 461. The van der Waals surface area contributed by atoms with Gasteiger partial charge in [0, 0.05) is 17.8 Å². The summed E-state index contributed by atoms with van der Waals surface area (Å²) >= 11 is 0. The van der Waals surface area contributed by atoms with Crippen molar-refractivity contribution < 1.29 is 9.53 Å². The fraction of sp³-hybridized carbons (Fsp3) is 0.467. The Labute approximate surface area is 120 Å². The minimum absolute atomic E-state index is 0.0290. The lowest BCUT2D eigenvalue weighted by Crippen LogP contribution is -2.36. The van der Waals surface area contributed by atoms with Gasteiger partial charge in [0.05, 0.1) is 0 Å². The van der Waals surface area contributed by atoms with Crippen LogP contribution in [0.3, 0.4) is 0 Å². The first-order chi connectivity index (χ1) is 9.31. The molecule has 0 atom stereocenters. The van der Waals surface area contributed by atoms with Crippen LogP contribution in [0, 0.1) is 5.41 Å². The number of ether oxygens (including phenoxy) is 1. The summed E-state index contributed by atoms with van der Waals surface area (Å²) < 4.78 is 5.10. The van der Waals surface area contributed by atoms with Gasteiger partial charge in [-0.25, -0.2) is 4.79 Å². The first-order valence-corrected chi connectivity index (χ1v) is 6.74. The minimum Gasteiger partial charge on any atom is -0.444 e. The molecule has 5 heteroatoms. The summed E-state index contributed by atoms with van der Waals surface area (Å²) in [5, 5.41) is 13.5. The number of amidine groups is 1. The molecule has 0 radical (unpaired) electrons. The van der Waals surface area contributed by atoms with Crippen molar-refractivity contribution in [2.75, 3.05) is 11.9 Å². The van der Waals surface area contributed by atoms with Crippen LogP contribution >= 0.6 is 0 Å². The van der Waals surface area contributed by atoms with Crippen molar-refractivity contribution in [3.05, 3.63) is 29.8 Å². The first-order valence-electron chi connectivity index (χ1n) is 6.74. The van der Waals surface area contributed by atoms with Crippen LogP contribution in [0.25, 0.3) is 0 Å². The summed E-state index contributed by atoms with van der Waals surface area (Å²) in [6, 6.07) is 7.35. The maximum absolute atomic E-state index is 11.6. The van der Waals surface area contributed by atoms with Crippen LogP contribution in [0.4, 0.5) is 10.5 Å². The molecule has 0 spiro atoms. The summed E-state index contributed by atoms with van der Waals surface area (Å²) in [5.41, 5.74) is 1.07. The van der Waals surface area contributed by atoms with E-state index >= 15 is 0 Å². The van der Waals surface area contributed by atoms with Crippen LogP contribution in [0.5, 0.6) is 0 Å². The second kappa shape index (κ2) is 6.93. The number of carbonyl (C=O) groups excluding carboxylic acids is 1. The number of amides is 1. The van der Waals surface area contributed by atoms with E-state index in [1.807, 2.05) is 12.1 Å². The summed E-state index contributed by atoms with van der Waals surface area (Å²) in [4.78, 5) is 11.6. The molecule has 3 N–H and O–H groups in total. The molecule has 1 rings (SSSR count). The monoisotopic (exact) mass is 277 g/mol. The zero-order valence-corrected chi connectivity index (χ0v) is 12.5. The highest BCUT2D eigenvalue weighted by molar-refractivity contribution is 6.04. The largest absolute Gasteiger partial charge is 0.444 e. The maximum Gasteiger partial charge on any atom is 0.413 e. The molecule has 0 unspecified atom stereocenters.